The molecular weight excluding hydrogens is 316 g/mol. The normalized spacial score (nSPS) is 20.6. The number of nitrogens with zero attached hydrogens (tertiary/aromatic N) is 1. The van der Waals surface area contributed by atoms with Gasteiger partial charge in [0.05, 0.1) is 11.9 Å². The van der Waals surface area contributed by atoms with Crippen molar-refractivity contribution in [2.45, 2.75) is 37.3 Å². The quantitative estimate of drug-likeness (QED) is 0.926. The van der Waals surface area contributed by atoms with Crippen LogP contribution in [0.2, 0.25) is 0 Å². The van der Waals surface area contributed by atoms with Crippen LogP contribution in [0.25, 0.3) is 0 Å². The third-order valence-electron chi connectivity index (χ3n) is 5.38. The van der Waals surface area contributed by atoms with E-state index in [4.69, 9.17) is 9.15 Å². The maximum Gasteiger partial charge on any atom is 0.318 e. The highest BCUT2D eigenvalue weighted by Gasteiger charge is 2.39. The van der Waals surface area contributed by atoms with E-state index in [0.29, 0.717) is 0 Å². The molecular formula is C20H24N2O3. The number of carbonyl (C=O) groups is 1. The second kappa shape index (κ2) is 6.92. The Bertz CT molecular complexity index is 683. The van der Waals surface area contributed by atoms with Gasteiger partial charge in [-0.3, -0.25) is 0 Å². The Kier molecular flexibility index (Phi) is 4.49. The fourth-order valence-electron chi connectivity index (χ4n) is 3.90. The highest BCUT2D eigenvalue weighted by molar-refractivity contribution is 5.75. The van der Waals surface area contributed by atoms with Gasteiger partial charge in [0.15, 0.2) is 0 Å². The molecule has 1 N–H and O–H groups in total. The molecule has 2 amide bonds. The van der Waals surface area contributed by atoms with Crippen molar-refractivity contribution in [2.75, 3.05) is 19.7 Å². The average molecular weight is 340 g/mol. The molecule has 5 nitrogen and oxygen atoms in total. The Morgan fingerprint density at radius 1 is 1.08 bits per heavy atom. The van der Waals surface area contributed by atoms with Gasteiger partial charge in [-0.1, -0.05) is 30.3 Å². The topological polar surface area (TPSA) is 54.7 Å². The highest BCUT2D eigenvalue weighted by Crippen LogP contribution is 2.35. The van der Waals surface area contributed by atoms with Crippen LogP contribution in [0.15, 0.2) is 53.1 Å². The largest absolute Gasteiger partial charge is 0.467 e. The average Bonchev–Trinajstić information content (AvgIpc) is 3.33. The van der Waals surface area contributed by atoms with Crippen LogP contribution >= 0.6 is 0 Å². The molecule has 5 heteroatoms. The summed E-state index contributed by atoms with van der Waals surface area (Å²) in [5.74, 6) is 0.743. The minimum absolute atomic E-state index is 0.0244. The van der Waals surface area contributed by atoms with Crippen LogP contribution in [0.3, 0.4) is 0 Å². The number of piperidine rings is 1. The Morgan fingerprint density at radius 2 is 1.88 bits per heavy atom. The van der Waals surface area contributed by atoms with Crippen LogP contribution in [0, 0.1) is 0 Å². The van der Waals surface area contributed by atoms with Gasteiger partial charge in [0, 0.05) is 19.7 Å². The summed E-state index contributed by atoms with van der Waals surface area (Å²) in [4.78, 5) is 14.7. The molecule has 2 aromatic rings. The zero-order valence-electron chi connectivity index (χ0n) is 14.3. The number of rotatable bonds is 3. The van der Waals surface area contributed by atoms with Gasteiger partial charge in [0.25, 0.3) is 0 Å². The summed E-state index contributed by atoms with van der Waals surface area (Å²) in [6, 6.07) is 13.3. The first-order chi connectivity index (χ1) is 12.3. The Morgan fingerprint density at radius 3 is 2.52 bits per heavy atom. The van der Waals surface area contributed by atoms with E-state index in [9.17, 15) is 4.79 Å². The molecule has 0 radical (unpaired) electrons. The molecule has 2 fully saturated rings. The Labute approximate surface area is 148 Å². The summed E-state index contributed by atoms with van der Waals surface area (Å²) >= 11 is 0. The standard InChI is InChI=1S/C20H24N2O3/c23-19(22-12-10-20(11-13-22)9-5-15-25-20)21-18(17-8-4-14-24-17)16-6-2-1-3-7-16/h1-4,6-8,14,18H,5,9-13,15H2,(H,21,23)/t18-/m1/s1. The zero-order valence-corrected chi connectivity index (χ0v) is 14.3. The van der Waals surface area contributed by atoms with E-state index in [-0.39, 0.29) is 17.7 Å². The van der Waals surface area contributed by atoms with E-state index < -0.39 is 0 Å². The number of ether oxygens (including phenoxy) is 1. The van der Waals surface area contributed by atoms with E-state index in [2.05, 4.69) is 5.32 Å². The SMILES string of the molecule is O=C(N[C@H](c1ccccc1)c1ccco1)N1CCC2(CCCO2)CC1. The van der Waals surface area contributed by atoms with Crippen molar-refractivity contribution in [1.82, 2.24) is 10.2 Å². The second-order valence-electron chi connectivity index (χ2n) is 6.93. The number of furan rings is 1. The number of benzene rings is 1. The molecule has 2 aliphatic heterocycles. The van der Waals surface area contributed by atoms with Crippen LogP contribution in [-0.4, -0.2) is 36.2 Å². The first-order valence-electron chi connectivity index (χ1n) is 9.04. The lowest BCUT2D eigenvalue weighted by atomic mass is 9.89. The van der Waals surface area contributed by atoms with Crippen LogP contribution in [0.4, 0.5) is 4.79 Å². The summed E-state index contributed by atoms with van der Waals surface area (Å²) < 4.78 is 11.5. The van der Waals surface area contributed by atoms with Crippen LogP contribution in [0.5, 0.6) is 0 Å². The molecule has 1 aromatic heterocycles. The Hall–Kier alpha value is -2.27. The van der Waals surface area contributed by atoms with Crippen molar-refractivity contribution < 1.29 is 13.9 Å². The number of hydrogen-bond acceptors (Lipinski definition) is 3. The van der Waals surface area contributed by atoms with Gasteiger partial charge in [-0.05, 0) is 43.4 Å². The maximum absolute atomic E-state index is 12.8. The Balaban J connectivity index is 1.44. The molecule has 2 aliphatic rings. The van der Waals surface area contributed by atoms with Gasteiger partial charge in [-0.25, -0.2) is 4.79 Å². The molecule has 1 atom stereocenters. The molecule has 132 valence electrons. The molecule has 0 bridgehead atoms. The van der Waals surface area contributed by atoms with E-state index in [0.717, 1.165) is 56.7 Å². The summed E-state index contributed by atoms with van der Waals surface area (Å²) in [7, 11) is 0. The van der Waals surface area contributed by atoms with Crippen molar-refractivity contribution in [2.24, 2.45) is 0 Å². The molecule has 2 saturated heterocycles. The van der Waals surface area contributed by atoms with Crippen molar-refractivity contribution in [3.05, 3.63) is 60.1 Å². The van der Waals surface area contributed by atoms with Crippen molar-refractivity contribution in [3.8, 4) is 0 Å². The molecule has 1 spiro atoms. The monoisotopic (exact) mass is 340 g/mol. The van der Waals surface area contributed by atoms with Crippen LogP contribution in [-0.2, 0) is 4.74 Å². The summed E-state index contributed by atoms with van der Waals surface area (Å²) in [5.41, 5.74) is 1.04. The number of nitrogens with one attached hydrogen (secondary N) is 1. The molecule has 1 aromatic carbocycles. The lowest BCUT2D eigenvalue weighted by molar-refractivity contribution is -0.0362. The molecule has 0 aliphatic carbocycles. The number of hydrogen-bond donors (Lipinski definition) is 1. The molecule has 4 rings (SSSR count). The van der Waals surface area contributed by atoms with Crippen molar-refractivity contribution in [3.63, 3.8) is 0 Å². The van der Waals surface area contributed by atoms with E-state index in [1.54, 1.807) is 6.26 Å². The fourth-order valence-corrected chi connectivity index (χ4v) is 3.90. The van der Waals surface area contributed by atoms with Crippen molar-refractivity contribution >= 4 is 6.03 Å². The van der Waals surface area contributed by atoms with Gasteiger partial charge in [-0.2, -0.15) is 0 Å². The number of carbonyl (C=O) groups excluding carboxylic acids is 1. The van der Waals surface area contributed by atoms with Crippen molar-refractivity contribution in [1.29, 1.82) is 0 Å². The van der Waals surface area contributed by atoms with Crippen LogP contribution < -0.4 is 5.32 Å². The smallest absolute Gasteiger partial charge is 0.318 e. The third kappa shape index (κ3) is 3.42. The number of urea groups is 1. The second-order valence-corrected chi connectivity index (χ2v) is 6.93. The van der Waals surface area contributed by atoms with E-state index in [1.165, 1.54) is 0 Å². The lowest BCUT2D eigenvalue weighted by Crippen LogP contribution is -2.50. The predicted octanol–water partition coefficient (Wildman–Crippen LogP) is 3.72. The molecule has 0 saturated carbocycles. The first kappa shape index (κ1) is 16.2. The van der Waals surface area contributed by atoms with E-state index in [1.807, 2.05) is 47.4 Å². The van der Waals surface area contributed by atoms with Gasteiger partial charge in [0.2, 0.25) is 0 Å². The van der Waals surface area contributed by atoms with Gasteiger partial charge in [-0.15, -0.1) is 0 Å². The van der Waals surface area contributed by atoms with Gasteiger partial charge < -0.3 is 19.4 Å². The lowest BCUT2D eigenvalue weighted by Gasteiger charge is -2.39. The zero-order chi connectivity index (χ0) is 17.1. The third-order valence-corrected chi connectivity index (χ3v) is 5.38. The summed E-state index contributed by atoms with van der Waals surface area (Å²) in [6.07, 6.45) is 5.76. The minimum Gasteiger partial charge on any atom is -0.467 e. The predicted molar refractivity (Wildman–Crippen MR) is 94.2 cm³/mol. The molecule has 25 heavy (non-hydrogen) atoms. The summed E-state index contributed by atoms with van der Waals surface area (Å²) in [6.45, 7) is 2.35. The minimum atomic E-state index is -0.276. The van der Waals surface area contributed by atoms with Crippen LogP contribution in [0.1, 0.15) is 43.0 Å². The molecule has 0 unspecified atom stereocenters. The molecule has 3 heterocycles. The van der Waals surface area contributed by atoms with Gasteiger partial charge in [0.1, 0.15) is 11.8 Å². The fraction of sp³-hybridized carbons (Fsp3) is 0.450. The maximum atomic E-state index is 12.8. The summed E-state index contributed by atoms with van der Waals surface area (Å²) in [5, 5.41) is 3.14. The first-order valence-corrected chi connectivity index (χ1v) is 9.04. The highest BCUT2D eigenvalue weighted by atomic mass is 16.5. The number of likely N-dealkylation sites (tertiary alicyclic amines) is 1. The van der Waals surface area contributed by atoms with E-state index >= 15 is 0 Å². The number of amides is 2. The van der Waals surface area contributed by atoms with Gasteiger partial charge >= 0.3 is 6.03 Å².